The average Bonchev–Trinajstić information content (AvgIpc) is 2.31. The summed E-state index contributed by atoms with van der Waals surface area (Å²) in [5.41, 5.74) is 0.0543. The SMILES string of the molecule is O=C(O)CCCCC(=O)Nc1cc(F)c(I)c(F)c1. The molecule has 0 radical (unpaired) electrons. The Morgan fingerprint density at radius 3 is 2.21 bits per heavy atom. The Morgan fingerprint density at radius 1 is 1.16 bits per heavy atom. The number of carboxylic acid groups (broad SMARTS) is 1. The number of carbonyl (C=O) groups excluding carboxylic acids is 1. The molecule has 0 saturated heterocycles. The number of benzene rings is 1. The topological polar surface area (TPSA) is 66.4 Å². The molecule has 0 aliphatic carbocycles. The standard InChI is InChI=1S/C12H12F2INO3/c13-8-5-7(6-9(14)12(8)15)16-10(17)3-1-2-4-11(18)19/h5-6H,1-4H2,(H,16,17)(H,18,19). The molecule has 1 aromatic rings. The van der Waals surface area contributed by atoms with Crippen LogP contribution in [0, 0.1) is 15.2 Å². The quantitative estimate of drug-likeness (QED) is 0.451. The highest BCUT2D eigenvalue weighted by molar-refractivity contribution is 14.1. The number of nitrogens with one attached hydrogen (secondary N) is 1. The highest BCUT2D eigenvalue weighted by Crippen LogP contribution is 2.20. The normalized spacial score (nSPS) is 10.3. The van der Waals surface area contributed by atoms with E-state index in [1.165, 1.54) is 22.6 Å². The van der Waals surface area contributed by atoms with Crippen LogP contribution in [0.4, 0.5) is 14.5 Å². The molecule has 19 heavy (non-hydrogen) atoms. The molecule has 1 aromatic carbocycles. The zero-order chi connectivity index (χ0) is 14.4. The average molecular weight is 383 g/mol. The number of amides is 1. The minimum Gasteiger partial charge on any atom is -0.481 e. The molecule has 0 heterocycles. The van der Waals surface area contributed by atoms with Crippen LogP contribution >= 0.6 is 22.6 Å². The lowest BCUT2D eigenvalue weighted by atomic mass is 10.2. The van der Waals surface area contributed by atoms with Crippen molar-refractivity contribution in [2.75, 3.05) is 5.32 Å². The van der Waals surface area contributed by atoms with Crippen LogP contribution in [0.3, 0.4) is 0 Å². The molecule has 0 unspecified atom stereocenters. The fraction of sp³-hybridized carbons (Fsp3) is 0.333. The van der Waals surface area contributed by atoms with Crippen molar-refractivity contribution in [2.24, 2.45) is 0 Å². The van der Waals surface area contributed by atoms with Gasteiger partial charge in [0, 0.05) is 18.5 Å². The number of unbranched alkanes of at least 4 members (excludes halogenated alkanes) is 1. The molecule has 0 fully saturated rings. The van der Waals surface area contributed by atoms with Gasteiger partial charge in [-0.3, -0.25) is 9.59 Å². The molecule has 0 bridgehead atoms. The van der Waals surface area contributed by atoms with Crippen molar-refractivity contribution >= 4 is 40.2 Å². The van der Waals surface area contributed by atoms with E-state index in [0.717, 1.165) is 12.1 Å². The number of halogens is 3. The van der Waals surface area contributed by atoms with Gasteiger partial charge in [0.05, 0.1) is 3.57 Å². The van der Waals surface area contributed by atoms with E-state index >= 15 is 0 Å². The molecular formula is C12H12F2INO3. The van der Waals surface area contributed by atoms with Crippen molar-refractivity contribution in [3.05, 3.63) is 27.3 Å². The summed E-state index contributed by atoms with van der Waals surface area (Å²) in [5.74, 6) is -2.78. The van der Waals surface area contributed by atoms with Crippen LogP contribution in [0.15, 0.2) is 12.1 Å². The summed E-state index contributed by atoms with van der Waals surface area (Å²) >= 11 is 1.53. The number of carboxylic acids is 1. The van der Waals surface area contributed by atoms with Crippen molar-refractivity contribution in [1.29, 1.82) is 0 Å². The summed E-state index contributed by atoms with van der Waals surface area (Å²) in [6.45, 7) is 0. The maximum atomic E-state index is 13.2. The molecule has 0 aliphatic heterocycles. The number of aliphatic carboxylic acids is 1. The Kier molecular flexibility index (Phi) is 6.13. The van der Waals surface area contributed by atoms with E-state index in [2.05, 4.69) is 5.32 Å². The van der Waals surface area contributed by atoms with Crippen molar-refractivity contribution < 1.29 is 23.5 Å². The molecule has 2 N–H and O–H groups in total. The van der Waals surface area contributed by atoms with E-state index in [1.54, 1.807) is 0 Å². The fourth-order valence-electron chi connectivity index (χ4n) is 1.41. The third kappa shape index (κ3) is 5.50. The van der Waals surface area contributed by atoms with E-state index < -0.39 is 23.5 Å². The highest BCUT2D eigenvalue weighted by atomic mass is 127. The maximum absolute atomic E-state index is 13.2. The third-order valence-corrected chi connectivity index (χ3v) is 3.34. The van der Waals surface area contributed by atoms with Gasteiger partial charge >= 0.3 is 5.97 Å². The van der Waals surface area contributed by atoms with Crippen molar-refractivity contribution in [3.63, 3.8) is 0 Å². The second-order valence-electron chi connectivity index (χ2n) is 3.90. The highest BCUT2D eigenvalue weighted by Gasteiger charge is 2.10. The Hall–Kier alpha value is -1.25. The predicted octanol–water partition coefficient (Wildman–Crippen LogP) is 3.15. The van der Waals surface area contributed by atoms with Gasteiger partial charge in [-0.15, -0.1) is 0 Å². The molecule has 0 aromatic heterocycles. The molecule has 4 nitrogen and oxygen atoms in total. The van der Waals surface area contributed by atoms with Gasteiger partial charge in [-0.25, -0.2) is 8.78 Å². The van der Waals surface area contributed by atoms with E-state index in [0.29, 0.717) is 12.8 Å². The number of hydrogen-bond donors (Lipinski definition) is 2. The van der Waals surface area contributed by atoms with Crippen LogP contribution in [0.1, 0.15) is 25.7 Å². The van der Waals surface area contributed by atoms with Gasteiger partial charge in [0.1, 0.15) is 11.6 Å². The predicted molar refractivity (Wildman–Crippen MR) is 73.8 cm³/mol. The van der Waals surface area contributed by atoms with Gasteiger partial charge in [-0.2, -0.15) is 0 Å². The smallest absolute Gasteiger partial charge is 0.303 e. The van der Waals surface area contributed by atoms with Crippen LogP contribution in [0.2, 0.25) is 0 Å². The number of hydrogen-bond acceptors (Lipinski definition) is 2. The van der Waals surface area contributed by atoms with Crippen molar-refractivity contribution in [3.8, 4) is 0 Å². The molecule has 0 spiro atoms. The summed E-state index contributed by atoms with van der Waals surface area (Å²) in [7, 11) is 0. The van der Waals surface area contributed by atoms with Crippen LogP contribution in [0.25, 0.3) is 0 Å². The van der Waals surface area contributed by atoms with Crippen molar-refractivity contribution in [1.82, 2.24) is 0 Å². The van der Waals surface area contributed by atoms with E-state index in [1.807, 2.05) is 0 Å². The molecule has 1 rings (SSSR count). The van der Waals surface area contributed by atoms with Crippen LogP contribution in [-0.4, -0.2) is 17.0 Å². The number of anilines is 1. The summed E-state index contributed by atoms with van der Waals surface area (Å²) in [4.78, 5) is 21.7. The van der Waals surface area contributed by atoms with E-state index in [4.69, 9.17) is 5.11 Å². The zero-order valence-corrected chi connectivity index (χ0v) is 12.0. The van der Waals surface area contributed by atoms with Gasteiger partial charge in [0.2, 0.25) is 5.91 Å². The summed E-state index contributed by atoms with van der Waals surface area (Å²) in [6.07, 6.45) is 0.911. The lowest BCUT2D eigenvalue weighted by molar-refractivity contribution is -0.137. The zero-order valence-electron chi connectivity index (χ0n) is 9.88. The Morgan fingerprint density at radius 2 is 1.68 bits per heavy atom. The second kappa shape index (κ2) is 7.37. The molecular weight excluding hydrogens is 371 g/mol. The third-order valence-electron chi connectivity index (χ3n) is 2.31. The monoisotopic (exact) mass is 383 g/mol. The van der Waals surface area contributed by atoms with Crippen LogP contribution < -0.4 is 5.32 Å². The first kappa shape index (κ1) is 15.8. The van der Waals surface area contributed by atoms with Gasteiger partial charge in [-0.1, -0.05) is 0 Å². The maximum Gasteiger partial charge on any atom is 0.303 e. The molecule has 0 saturated carbocycles. The molecule has 0 atom stereocenters. The Labute approximate surface area is 122 Å². The first-order valence-electron chi connectivity index (χ1n) is 5.56. The number of rotatable bonds is 6. The minimum absolute atomic E-state index is 0.0000678. The van der Waals surface area contributed by atoms with Gasteiger partial charge in [0.25, 0.3) is 0 Å². The lowest BCUT2D eigenvalue weighted by Gasteiger charge is -2.06. The van der Waals surface area contributed by atoms with Gasteiger partial charge in [-0.05, 0) is 47.6 Å². The molecule has 104 valence electrons. The summed E-state index contributed by atoms with van der Waals surface area (Å²) < 4.78 is 26.3. The number of carbonyl (C=O) groups is 2. The molecule has 0 aliphatic rings. The fourth-order valence-corrected chi connectivity index (χ4v) is 1.72. The second-order valence-corrected chi connectivity index (χ2v) is 4.98. The lowest BCUT2D eigenvalue weighted by Crippen LogP contribution is -2.12. The Balaban J connectivity index is 2.46. The molecule has 7 heteroatoms. The Bertz CT molecular complexity index is 471. The van der Waals surface area contributed by atoms with Crippen LogP contribution in [-0.2, 0) is 9.59 Å². The minimum atomic E-state index is -0.915. The molecule has 1 amide bonds. The summed E-state index contributed by atoms with van der Waals surface area (Å²) in [6, 6.07) is 2.08. The van der Waals surface area contributed by atoms with Gasteiger partial charge in [0.15, 0.2) is 0 Å². The van der Waals surface area contributed by atoms with Crippen molar-refractivity contribution in [2.45, 2.75) is 25.7 Å². The van der Waals surface area contributed by atoms with E-state index in [-0.39, 0.29) is 22.1 Å². The van der Waals surface area contributed by atoms with Crippen LogP contribution in [0.5, 0.6) is 0 Å². The summed E-state index contributed by atoms with van der Waals surface area (Å²) in [5, 5.41) is 10.8. The first-order valence-corrected chi connectivity index (χ1v) is 6.64. The first-order chi connectivity index (χ1) is 8.90. The largest absolute Gasteiger partial charge is 0.481 e. The van der Waals surface area contributed by atoms with Gasteiger partial charge < -0.3 is 10.4 Å². The van der Waals surface area contributed by atoms with E-state index in [9.17, 15) is 18.4 Å².